The van der Waals surface area contributed by atoms with Gasteiger partial charge in [-0.3, -0.25) is 9.89 Å². The van der Waals surface area contributed by atoms with Gasteiger partial charge in [0.15, 0.2) is 5.82 Å². The molecule has 4 aromatic heterocycles. The molecule has 0 saturated carbocycles. The lowest BCUT2D eigenvalue weighted by Gasteiger charge is -2.21. The minimum atomic E-state index is -0.393. The Kier molecular flexibility index (Phi) is 5.05. The van der Waals surface area contributed by atoms with E-state index in [1.807, 2.05) is 6.92 Å². The standard InChI is InChI=1S/C19H14Cl2N8OS/c1-2-11(26-16-15-18(23-7-22-16)31-8-24-15)17-27-14-10(21)4-3-9(20)13(14)19(30)29(17)12-5-6-25-28-12/h3-8,11H,2H2,1H3,(H,25,28)(H,22,23,26)/t11-/m0/s1. The second-order valence-corrected chi connectivity index (χ2v) is 8.29. The summed E-state index contributed by atoms with van der Waals surface area (Å²) in [5.74, 6) is 1.46. The third-order valence-electron chi connectivity index (χ3n) is 4.84. The quantitative estimate of drug-likeness (QED) is 0.389. The van der Waals surface area contributed by atoms with Gasteiger partial charge in [-0.2, -0.15) is 5.10 Å². The maximum Gasteiger partial charge on any atom is 0.268 e. The van der Waals surface area contributed by atoms with Gasteiger partial charge in [0, 0.05) is 6.07 Å². The van der Waals surface area contributed by atoms with Gasteiger partial charge in [0.2, 0.25) is 0 Å². The van der Waals surface area contributed by atoms with Crippen LogP contribution < -0.4 is 10.9 Å². The number of aromatic amines is 1. The van der Waals surface area contributed by atoms with Crippen molar-refractivity contribution < 1.29 is 0 Å². The van der Waals surface area contributed by atoms with Crippen molar-refractivity contribution >= 4 is 61.6 Å². The molecule has 0 aliphatic rings. The van der Waals surface area contributed by atoms with Crippen molar-refractivity contribution in [1.29, 1.82) is 0 Å². The minimum absolute atomic E-state index is 0.242. The molecule has 31 heavy (non-hydrogen) atoms. The van der Waals surface area contributed by atoms with Crippen LogP contribution in [0.5, 0.6) is 0 Å². The second kappa shape index (κ2) is 7.88. The van der Waals surface area contributed by atoms with Gasteiger partial charge in [0.05, 0.1) is 38.7 Å². The predicted molar refractivity (Wildman–Crippen MR) is 121 cm³/mol. The zero-order chi connectivity index (χ0) is 21.5. The second-order valence-electron chi connectivity index (χ2n) is 6.64. The summed E-state index contributed by atoms with van der Waals surface area (Å²) in [6.45, 7) is 1.98. The molecule has 12 heteroatoms. The topological polar surface area (TPSA) is 114 Å². The third kappa shape index (κ3) is 3.32. The van der Waals surface area contributed by atoms with Crippen LogP contribution in [0.4, 0.5) is 5.82 Å². The molecule has 0 aliphatic carbocycles. The first-order chi connectivity index (χ1) is 15.1. The van der Waals surface area contributed by atoms with Crippen molar-refractivity contribution in [3.8, 4) is 5.82 Å². The Morgan fingerprint density at radius 3 is 2.77 bits per heavy atom. The molecule has 0 unspecified atom stereocenters. The molecular formula is C19H14Cl2N8OS. The van der Waals surface area contributed by atoms with E-state index < -0.39 is 6.04 Å². The van der Waals surface area contributed by atoms with E-state index in [9.17, 15) is 4.79 Å². The molecule has 0 bridgehead atoms. The van der Waals surface area contributed by atoms with Gasteiger partial charge in [-0.25, -0.2) is 24.5 Å². The number of fused-ring (bicyclic) bond motifs is 2. The number of halogens is 2. The summed E-state index contributed by atoms with van der Waals surface area (Å²) in [4.78, 5) is 32.0. The number of aromatic nitrogens is 7. The largest absolute Gasteiger partial charge is 0.358 e. The molecule has 0 amide bonds. The summed E-state index contributed by atoms with van der Waals surface area (Å²) < 4.78 is 1.46. The van der Waals surface area contributed by atoms with Crippen molar-refractivity contribution in [3.05, 3.63) is 62.5 Å². The number of thiazole rings is 1. The van der Waals surface area contributed by atoms with Gasteiger partial charge in [-0.05, 0) is 18.6 Å². The minimum Gasteiger partial charge on any atom is -0.358 e. The first-order valence-electron chi connectivity index (χ1n) is 9.29. The summed E-state index contributed by atoms with van der Waals surface area (Å²) in [5.41, 5.74) is 2.36. The van der Waals surface area contributed by atoms with Crippen LogP contribution >= 0.6 is 34.5 Å². The molecule has 156 valence electrons. The highest BCUT2D eigenvalue weighted by molar-refractivity contribution is 7.16. The molecule has 0 fully saturated rings. The van der Waals surface area contributed by atoms with Crippen molar-refractivity contribution in [1.82, 2.24) is 34.7 Å². The fraction of sp³-hybridized carbons (Fsp3) is 0.158. The predicted octanol–water partition coefficient (Wildman–Crippen LogP) is 4.38. The van der Waals surface area contributed by atoms with E-state index in [0.717, 1.165) is 4.83 Å². The number of hydrogen-bond donors (Lipinski definition) is 2. The lowest BCUT2D eigenvalue weighted by molar-refractivity contribution is 0.653. The molecule has 2 N–H and O–H groups in total. The summed E-state index contributed by atoms with van der Waals surface area (Å²) in [7, 11) is 0. The molecule has 9 nitrogen and oxygen atoms in total. The summed E-state index contributed by atoms with van der Waals surface area (Å²) in [6, 6.07) is 4.50. The van der Waals surface area contributed by atoms with Crippen LogP contribution in [0.3, 0.4) is 0 Å². The molecule has 0 spiro atoms. The van der Waals surface area contributed by atoms with E-state index in [2.05, 4.69) is 30.5 Å². The van der Waals surface area contributed by atoms with Crippen LogP contribution in [0.1, 0.15) is 25.2 Å². The highest BCUT2D eigenvalue weighted by atomic mass is 35.5. The Balaban J connectivity index is 1.76. The molecule has 5 aromatic rings. The van der Waals surface area contributed by atoms with E-state index in [0.29, 0.717) is 39.9 Å². The maximum atomic E-state index is 13.5. The van der Waals surface area contributed by atoms with Crippen molar-refractivity contribution in [3.63, 3.8) is 0 Å². The number of hydrogen-bond acceptors (Lipinski definition) is 8. The zero-order valence-corrected chi connectivity index (χ0v) is 18.3. The average Bonchev–Trinajstić information content (AvgIpc) is 3.46. The highest BCUT2D eigenvalue weighted by Gasteiger charge is 2.24. The fourth-order valence-corrected chi connectivity index (χ4v) is 4.45. The van der Waals surface area contributed by atoms with Crippen LogP contribution in [0, 0.1) is 0 Å². The monoisotopic (exact) mass is 472 g/mol. The van der Waals surface area contributed by atoms with E-state index in [4.69, 9.17) is 28.2 Å². The molecule has 4 heterocycles. The number of nitrogens with zero attached hydrogens (tertiary/aromatic N) is 6. The molecule has 0 saturated heterocycles. The van der Waals surface area contributed by atoms with E-state index >= 15 is 0 Å². The lowest BCUT2D eigenvalue weighted by Crippen LogP contribution is -2.29. The number of anilines is 1. The van der Waals surface area contributed by atoms with Crippen LogP contribution in [-0.2, 0) is 0 Å². The lowest BCUT2D eigenvalue weighted by atomic mass is 10.1. The number of H-pyrrole nitrogens is 1. The van der Waals surface area contributed by atoms with Gasteiger partial charge < -0.3 is 5.32 Å². The number of rotatable bonds is 5. The highest BCUT2D eigenvalue weighted by Crippen LogP contribution is 2.30. The van der Waals surface area contributed by atoms with E-state index in [-0.39, 0.29) is 16.0 Å². The Morgan fingerprint density at radius 1 is 1.16 bits per heavy atom. The van der Waals surface area contributed by atoms with Crippen LogP contribution in [0.15, 0.2) is 41.0 Å². The Labute approximate surface area is 189 Å². The molecule has 0 aliphatic heterocycles. The van der Waals surface area contributed by atoms with E-state index in [1.54, 1.807) is 29.9 Å². The van der Waals surface area contributed by atoms with Crippen molar-refractivity contribution in [2.75, 3.05) is 5.32 Å². The normalized spacial score (nSPS) is 12.5. The molecule has 5 rings (SSSR count). The zero-order valence-electron chi connectivity index (χ0n) is 16.0. The molecule has 1 atom stereocenters. The average molecular weight is 473 g/mol. The summed E-state index contributed by atoms with van der Waals surface area (Å²) in [5, 5.41) is 11.0. The van der Waals surface area contributed by atoms with E-state index in [1.165, 1.54) is 22.2 Å². The number of nitrogens with one attached hydrogen (secondary N) is 2. The van der Waals surface area contributed by atoms with Crippen molar-refractivity contribution in [2.24, 2.45) is 0 Å². The Hall–Kier alpha value is -3.08. The Morgan fingerprint density at radius 2 is 2.00 bits per heavy atom. The molecule has 0 radical (unpaired) electrons. The van der Waals surface area contributed by atoms with Crippen LogP contribution in [0.2, 0.25) is 10.0 Å². The molecule has 1 aromatic carbocycles. The third-order valence-corrected chi connectivity index (χ3v) is 6.20. The first-order valence-corrected chi connectivity index (χ1v) is 10.9. The first kappa shape index (κ1) is 19.9. The van der Waals surface area contributed by atoms with Crippen molar-refractivity contribution in [2.45, 2.75) is 19.4 Å². The number of benzene rings is 1. The van der Waals surface area contributed by atoms with Gasteiger partial charge in [-0.15, -0.1) is 11.3 Å². The summed E-state index contributed by atoms with van der Waals surface area (Å²) in [6.07, 6.45) is 3.63. The van der Waals surface area contributed by atoms with Gasteiger partial charge >= 0.3 is 0 Å². The molecular weight excluding hydrogens is 459 g/mol. The smallest absolute Gasteiger partial charge is 0.268 e. The van der Waals surface area contributed by atoms with Gasteiger partial charge in [-0.1, -0.05) is 30.1 Å². The van der Waals surface area contributed by atoms with Crippen LogP contribution in [0.25, 0.3) is 27.1 Å². The van der Waals surface area contributed by atoms with Gasteiger partial charge in [0.1, 0.15) is 28.3 Å². The SMILES string of the molecule is CC[C@H](Nc1ncnc2scnc12)c1nc2c(Cl)ccc(Cl)c2c(=O)n1-c1ccn[nH]1. The Bertz CT molecular complexity index is 1460. The van der Waals surface area contributed by atoms with Gasteiger partial charge in [0.25, 0.3) is 5.56 Å². The van der Waals surface area contributed by atoms with Crippen LogP contribution in [-0.4, -0.2) is 34.7 Å². The fourth-order valence-electron chi connectivity index (χ4n) is 3.39. The summed E-state index contributed by atoms with van der Waals surface area (Å²) >= 11 is 14.1. The maximum absolute atomic E-state index is 13.5.